The molecular weight excluding hydrogens is 432 g/mol. The number of H-pyrrole nitrogens is 1. The minimum Gasteiger partial charge on any atom is -0.356 e. The fraction of sp³-hybridized carbons (Fsp3) is 0.0800. The normalized spacial score (nSPS) is 10.4. The van der Waals surface area contributed by atoms with Crippen LogP contribution >= 0.6 is 0 Å². The van der Waals surface area contributed by atoms with E-state index in [-0.39, 0.29) is 12.3 Å². The molecule has 170 valence electrons. The van der Waals surface area contributed by atoms with E-state index >= 15 is 0 Å². The summed E-state index contributed by atoms with van der Waals surface area (Å²) in [6.07, 6.45) is 6.46. The van der Waals surface area contributed by atoms with Crippen LogP contribution in [-0.4, -0.2) is 40.1 Å². The molecule has 3 aromatic heterocycles. The molecule has 0 bridgehead atoms. The molecule has 0 aliphatic heterocycles. The second-order valence-electron chi connectivity index (χ2n) is 7.37. The van der Waals surface area contributed by atoms with Crippen molar-refractivity contribution in [3.63, 3.8) is 0 Å². The quantitative estimate of drug-likeness (QED) is 0.203. The predicted molar refractivity (Wildman–Crippen MR) is 129 cm³/mol. The summed E-state index contributed by atoms with van der Waals surface area (Å²) in [5.41, 5.74) is 4.80. The standard InChI is InChI=1S/C25H22N6O3/c32-15-27-14-21(34)23-20(12-17-6-9-26-10-7-17)31-24(18-8-11-28-22(13-18)29-16-33)25(23)30-19-4-2-1-3-5-19/h1-11,13,15-16,30-31H,12,14H2,(H,27,32)(H,28,29,33). The monoisotopic (exact) mass is 454 g/mol. The van der Waals surface area contributed by atoms with Gasteiger partial charge in [-0.1, -0.05) is 18.2 Å². The van der Waals surface area contributed by atoms with Crippen molar-refractivity contribution in [1.29, 1.82) is 0 Å². The maximum absolute atomic E-state index is 13.3. The lowest BCUT2D eigenvalue weighted by molar-refractivity contribution is -0.109. The molecule has 9 heteroatoms. The van der Waals surface area contributed by atoms with Gasteiger partial charge in [-0.3, -0.25) is 19.4 Å². The highest BCUT2D eigenvalue weighted by Gasteiger charge is 2.24. The predicted octanol–water partition coefficient (Wildman–Crippen LogP) is 3.30. The zero-order valence-corrected chi connectivity index (χ0v) is 18.1. The Morgan fingerprint density at radius 1 is 0.971 bits per heavy atom. The Hall–Kier alpha value is -4.79. The lowest BCUT2D eigenvalue weighted by Gasteiger charge is -2.12. The molecule has 0 aliphatic rings. The number of para-hydroxylation sites is 1. The number of carbonyl (C=O) groups excluding carboxylic acids is 3. The summed E-state index contributed by atoms with van der Waals surface area (Å²) in [6, 6.07) is 16.7. The molecular formula is C25H22N6O3. The second-order valence-corrected chi connectivity index (χ2v) is 7.37. The third-order valence-corrected chi connectivity index (χ3v) is 5.13. The number of nitrogens with one attached hydrogen (secondary N) is 4. The molecule has 0 fully saturated rings. The molecule has 0 saturated carbocycles. The number of hydrogen-bond donors (Lipinski definition) is 4. The van der Waals surface area contributed by atoms with Crippen LogP contribution in [0.15, 0.2) is 73.2 Å². The number of anilines is 3. The number of benzene rings is 1. The number of rotatable bonds is 11. The number of ketones is 1. The average molecular weight is 454 g/mol. The van der Waals surface area contributed by atoms with Crippen molar-refractivity contribution in [3.8, 4) is 11.3 Å². The molecule has 0 atom stereocenters. The number of hydrogen-bond acceptors (Lipinski definition) is 6. The van der Waals surface area contributed by atoms with Gasteiger partial charge in [0.05, 0.1) is 23.5 Å². The summed E-state index contributed by atoms with van der Waals surface area (Å²) < 4.78 is 0. The Bertz CT molecular complexity index is 1290. The Labute approximate surface area is 195 Å². The van der Waals surface area contributed by atoms with Gasteiger partial charge < -0.3 is 20.9 Å². The van der Waals surface area contributed by atoms with Gasteiger partial charge in [0, 0.05) is 42.0 Å². The van der Waals surface area contributed by atoms with Gasteiger partial charge in [0.2, 0.25) is 12.8 Å². The first-order valence-electron chi connectivity index (χ1n) is 10.5. The maximum atomic E-state index is 13.3. The minimum atomic E-state index is -0.252. The topological polar surface area (TPSA) is 129 Å². The van der Waals surface area contributed by atoms with Crippen LogP contribution in [0.5, 0.6) is 0 Å². The number of amides is 2. The fourth-order valence-electron chi connectivity index (χ4n) is 3.65. The molecule has 4 rings (SSSR count). The molecule has 3 heterocycles. The molecule has 4 aromatic rings. The van der Waals surface area contributed by atoms with Crippen LogP contribution in [0.4, 0.5) is 17.2 Å². The lowest BCUT2D eigenvalue weighted by Crippen LogP contribution is -2.22. The van der Waals surface area contributed by atoms with Crippen LogP contribution < -0.4 is 16.0 Å². The van der Waals surface area contributed by atoms with Crippen molar-refractivity contribution >= 4 is 35.8 Å². The molecule has 2 amide bonds. The van der Waals surface area contributed by atoms with E-state index in [1.807, 2.05) is 42.5 Å². The molecule has 0 unspecified atom stereocenters. The number of aromatic nitrogens is 3. The zero-order valence-electron chi connectivity index (χ0n) is 18.1. The van der Waals surface area contributed by atoms with E-state index in [4.69, 9.17) is 0 Å². The molecule has 1 aromatic carbocycles. The van der Waals surface area contributed by atoms with Crippen LogP contribution in [0.1, 0.15) is 21.6 Å². The number of aromatic amines is 1. The van der Waals surface area contributed by atoms with E-state index in [0.29, 0.717) is 47.7 Å². The maximum Gasteiger partial charge on any atom is 0.212 e. The Morgan fingerprint density at radius 3 is 2.50 bits per heavy atom. The van der Waals surface area contributed by atoms with Crippen LogP contribution in [0.2, 0.25) is 0 Å². The molecule has 4 N–H and O–H groups in total. The van der Waals surface area contributed by atoms with Gasteiger partial charge in [0.15, 0.2) is 5.78 Å². The highest BCUT2D eigenvalue weighted by Crippen LogP contribution is 2.37. The van der Waals surface area contributed by atoms with Gasteiger partial charge in [0.25, 0.3) is 0 Å². The Kier molecular flexibility index (Phi) is 7.04. The van der Waals surface area contributed by atoms with E-state index in [0.717, 1.165) is 16.8 Å². The van der Waals surface area contributed by atoms with Crippen molar-refractivity contribution in [2.24, 2.45) is 0 Å². The van der Waals surface area contributed by atoms with Crippen molar-refractivity contribution in [2.75, 3.05) is 17.2 Å². The lowest BCUT2D eigenvalue weighted by atomic mass is 10.0. The number of nitrogens with zero attached hydrogens (tertiary/aromatic N) is 2. The minimum absolute atomic E-state index is 0.151. The van der Waals surface area contributed by atoms with Crippen LogP contribution in [0, 0.1) is 0 Å². The van der Waals surface area contributed by atoms with E-state index in [1.165, 1.54) is 0 Å². The van der Waals surface area contributed by atoms with Gasteiger partial charge in [0.1, 0.15) is 5.82 Å². The first-order valence-corrected chi connectivity index (χ1v) is 10.5. The third-order valence-electron chi connectivity index (χ3n) is 5.13. The molecule has 0 radical (unpaired) electrons. The molecule has 0 aliphatic carbocycles. The van der Waals surface area contributed by atoms with Crippen molar-refractivity contribution in [3.05, 3.63) is 90.0 Å². The van der Waals surface area contributed by atoms with Crippen LogP contribution in [-0.2, 0) is 16.0 Å². The third kappa shape index (κ3) is 5.16. The van der Waals surface area contributed by atoms with Gasteiger partial charge in [-0.05, 0) is 42.0 Å². The summed E-state index contributed by atoms with van der Waals surface area (Å²) in [5.74, 6) is 0.122. The molecule has 0 saturated heterocycles. The van der Waals surface area contributed by atoms with Gasteiger partial charge >= 0.3 is 0 Å². The SMILES string of the molecule is O=CNCC(=O)c1c(Cc2ccncc2)[nH]c(-c2ccnc(NC=O)c2)c1Nc1ccccc1. The fourth-order valence-corrected chi connectivity index (χ4v) is 3.65. The summed E-state index contributed by atoms with van der Waals surface area (Å²) in [5, 5.41) is 8.38. The van der Waals surface area contributed by atoms with Crippen molar-refractivity contribution in [2.45, 2.75) is 6.42 Å². The van der Waals surface area contributed by atoms with E-state index in [9.17, 15) is 14.4 Å². The summed E-state index contributed by atoms with van der Waals surface area (Å²) in [7, 11) is 0. The zero-order chi connectivity index (χ0) is 23.8. The first kappa shape index (κ1) is 22.4. The largest absolute Gasteiger partial charge is 0.356 e. The average Bonchev–Trinajstić information content (AvgIpc) is 3.21. The number of Topliss-reactive ketones (excluding diaryl/α,β-unsaturated/α-hetero) is 1. The molecule has 9 nitrogen and oxygen atoms in total. The summed E-state index contributed by atoms with van der Waals surface area (Å²) in [4.78, 5) is 46.7. The summed E-state index contributed by atoms with van der Waals surface area (Å²) in [6.45, 7) is -0.151. The van der Waals surface area contributed by atoms with Crippen molar-refractivity contribution in [1.82, 2.24) is 20.3 Å². The Morgan fingerprint density at radius 2 is 1.76 bits per heavy atom. The smallest absolute Gasteiger partial charge is 0.212 e. The van der Waals surface area contributed by atoms with Gasteiger partial charge in [-0.25, -0.2) is 4.98 Å². The summed E-state index contributed by atoms with van der Waals surface area (Å²) >= 11 is 0. The van der Waals surface area contributed by atoms with E-state index < -0.39 is 0 Å². The van der Waals surface area contributed by atoms with Crippen LogP contribution in [0.3, 0.4) is 0 Å². The Balaban J connectivity index is 1.89. The molecule has 0 spiro atoms. The molecule has 34 heavy (non-hydrogen) atoms. The second kappa shape index (κ2) is 10.7. The van der Waals surface area contributed by atoms with Gasteiger partial charge in [-0.15, -0.1) is 0 Å². The van der Waals surface area contributed by atoms with Gasteiger partial charge in [-0.2, -0.15) is 0 Å². The highest BCUT2D eigenvalue weighted by atomic mass is 16.1. The van der Waals surface area contributed by atoms with E-state index in [1.54, 1.807) is 30.7 Å². The van der Waals surface area contributed by atoms with Crippen LogP contribution in [0.25, 0.3) is 11.3 Å². The number of pyridine rings is 2. The van der Waals surface area contributed by atoms with Crippen molar-refractivity contribution < 1.29 is 14.4 Å². The van der Waals surface area contributed by atoms with E-state index in [2.05, 4.69) is 30.9 Å². The number of carbonyl (C=O) groups is 3. The highest BCUT2D eigenvalue weighted by molar-refractivity contribution is 6.08. The first-order chi connectivity index (χ1) is 16.7.